The minimum absolute atomic E-state index is 0.0302. The van der Waals surface area contributed by atoms with Crippen LogP contribution < -0.4 is 10.6 Å². The van der Waals surface area contributed by atoms with Crippen LogP contribution in [-0.4, -0.2) is 35.7 Å². The van der Waals surface area contributed by atoms with Gasteiger partial charge in [-0.3, -0.25) is 4.79 Å². The van der Waals surface area contributed by atoms with Crippen molar-refractivity contribution in [2.75, 3.05) is 6.54 Å². The number of aliphatic hydroxyl groups excluding tert-OH is 1. The maximum absolute atomic E-state index is 11.9. The molecule has 1 heterocycles. The maximum atomic E-state index is 11.9. The average molecular weight is 226 g/mol. The Labute approximate surface area is 96.8 Å². The first-order chi connectivity index (χ1) is 7.77. The van der Waals surface area contributed by atoms with Gasteiger partial charge in [-0.2, -0.15) is 0 Å². The van der Waals surface area contributed by atoms with E-state index in [1.165, 1.54) is 6.42 Å². The van der Waals surface area contributed by atoms with Crippen molar-refractivity contribution in [1.82, 2.24) is 10.6 Å². The van der Waals surface area contributed by atoms with Gasteiger partial charge in [0.25, 0.3) is 0 Å². The van der Waals surface area contributed by atoms with E-state index >= 15 is 0 Å². The van der Waals surface area contributed by atoms with Crippen molar-refractivity contribution in [1.29, 1.82) is 0 Å². The van der Waals surface area contributed by atoms with Crippen molar-refractivity contribution in [2.24, 2.45) is 0 Å². The van der Waals surface area contributed by atoms with Crippen LogP contribution in [0, 0.1) is 0 Å². The molecule has 0 aromatic carbocycles. The van der Waals surface area contributed by atoms with Crippen LogP contribution in [0.5, 0.6) is 0 Å². The molecule has 2 aliphatic rings. The number of hydrogen-bond donors (Lipinski definition) is 3. The zero-order valence-corrected chi connectivity index (χ0v) is 9.74. The van der Waals surface area contributed by atoms with Crippen LogP contribution in [0.4, 0.5) is 0 Å². The Morgan fingerprint density at radius 1 is 1.12 bits per heavy atom. The molecule has 1 saturated carbocycles. The van der Waals surface area contributed by atoms with Gasteiger partial charge in [-0.15, -0.1) is 0 Å². The van der Waals surface area contributed by atoms with E-state index in [0.29, 0.717) is 0 Å². The van der Waals surface area contributed by atoms with E-state index in [0.717, 1.165) is 45.1 Å². The van der Waals surface area contributed by atoms with E-state index < -0.39 is 0 Å². The van der Waals surface area contributed by atoms with E-state index in [1.54, 1.807) is 0 Å². The van der Waals surface area contributed by atoms with Gasteiger partial charge in [0.05, 0.1) is 18.2 Å². The highest BCUT2D eigenvalue weighted by molar-refractivity contribution is 5.82. The first-order valence-corrected chi connectivity index (χ1v) is 6.49. The van der Waals surface area contributed by atoms with Crippen LogP contribution in [0.1, 0.15) is 44.9 Å². The summed E-state index contributed by atoms with van der Waals surface area (Å²) < 4.78 is 0. The predicted octanol–water partition coefficient (Wildman–Crippen LogP) is 0.548. The van der Waals surface area contributed by atoms with Crippen molar-refractivity contribution >= 4 is 5.91 Å². The highest BCUT2D eigenvalue weighted by Crippen LogP contribution is 2.18. The van der Waals surface area contributed by atoms with E-state index in [1.807, 2.05) is 0 Å². The van der Waals surface area contributed by atoms with Crippen LogP contribution >= 0.6 is 0 Å². The highest BCUT2D eigenvalue weighted by atomic mass is 16.3. The minimum Gasteiger partial charge on any atom is -0.391 e. The zero-order chi connectivity index (χ0) is 11.4. The standard InChI is InChI=1S/C12H22N2O2/c15-11-7-3-1-2-5-9(11)14-12(16)10-6-4-8-13-10/h9-11,13,15H,1-8H2,(H,14,16)/t9?,10-,11?/m1/s1. The first-order valence-electron chi connectivity index (χ1n) is 6.49. The molecular formula is C12H22N2O2. The second-order valence-electron chi connectivity index (χ2n) is 4.97. The maximum Gasteiger partial charge on any atom is 0.237 e. The molecule has 1 aliphatic heterocycles. The van der Waals surface area contributed by atoms with Gasteiger partial charge in [-0.25, -0.2) is 0 Å². The molecule has 1 aliphatic carbocycles. The Bertz CT molecular complexity index is 239. The average Bonchev–Trinajstić information content (AvgIpc) is 2.73. The van der Waals surface area contributed by atoms with E-state index in [-0.39, 0.29) is 24.1 Å². The van der Waals surface area contributed by atoms with Crippen molar-refractivity contribution in [3.8, 4) is 0 Å². The lowest BCUT2D eigenvalue weighted by Gasteiger charge is -2.23. The summed E-state index contributed by atoms with van der Waals surface area (Å²) in [6.45, 7) is 0.936. The van der Waals surface area contributed by atoms with E-state index in [2.05, 4.69) is 10.6 Å². The molecule has 2 fully saturated rings. The van der Waals surface area contributed by atoms with Crippen LogP contribution in [0.3, 0.4) is 0 Å². The van der Waals surface area contributed by atoms with Crippen molar-refractivity contribution in [2.45, 2.75) is 63.1 Å². The second-order valence-corrected chi connectivity index (χ2v) is 4.97. The quantitative estimate of drug-likeness (QED) is 0.603. The molecule has 4 heteroatoms. The normalized spacial score (nSPS) is 35.7. The van der Waals surface area contributed by atoms with Gasteiger partial charge in [0.15, 0.2) is 0 Å². The van der Waals surface area contributed by atoms with E-state index in [9.17, 15) is 9.90 Å². The highest BCUT2D eigenvalue weighted by Gasteiger charge is 2.27. The zero-order valence-electron chi connectivity index (χ0n) is 9.74. The fraction of sp³-hybridized carbons (Fsp3) is 0.917. The largest absolute Gasteiger partial charge is 0.391 e. The Hall–Kier alpha value is -0.610. The molecule has 3 N–H and O–H groups in total. The van der Waals surface area contributed by atoms with Gasteiger partial charge in [0.1, 0.15) is 0 Å². The third kappa shape index (κ3) is 2.95. The second kappa shape index (κ2) is 5.64. The summed E-state index contributed by atoms with van der Waals surface area (Å²) in [4.78, 5) is 11.9. The molecule has 0 spiro atoms. The van der Waals surface area contributed by atoms with Crippen LogP contribution in [0.25, 0.3) is 0 Å². The number of carbonyl (C=O) groups is 1. The van der Waals surface area contributed by atoms with Gasteiger partial charge in [0, 0.05) is 0 Å². The number of carbonyl (C=O) groups excluding carboxylic acids is 1. The number of aliphatic hydroxyl groups is 1. The Morgan fingerprint density at radius 2 is 1.94 bits per heavy atom. The smallest absolute Gasteiger partial charge is 0.237 e. The minimum atomic E-state index is -0.354. The fourth-order valence-electron chi connectivity index (χ4n) is 2.65. The summed E-state index contributed by atoms with van der Waals surface area (Å²) in [7, 11) is 0. The predicted molar refractivity (Wildman–Crippen MR) is 62.0 cm³/mol. The summed E-state index contributed by atoms with van der Waals surface area (Å²) in [6, 6.07) is -0.0622. The lowest BCUT2D eigenvalue weighted by atomic mass is 10.1. The number of amides is 1. The molecule has 0 bridgehead atoms. The molecule has 2 rings (SSSR count). The fourth-order valence-corrected chi connectivity index (χ4v) is 2.65. The van der Waals surface area contributed by atoms with Crippen molar-refractivity contribution in [3.63, 3.8) is 0 Å². The molecule has 16 heavy (non-hydrogen) atoms. The van der Waals surface area contributed by atoms with Crippen LogP contribution in [0.2, 0.25) is 0 Å². The summed E-state index contributed by atoms with van der Waals surface area (Å²) in [5.41, 5.74) is 0. The molecule has 0 radical (unpaired) electrons. The van der Waals surface area contributed by atoms with Crippen LogP contribution in [0.15, 0.2) is 0 Å². The first kappa shape index (κ1) is 11.9. The molecule has 0 aromatic heterocycles. The van der Waals surface area contributed by atoms with Gasteiger partial charge >= 0.3 is 0 Å². The summed E-state index contributed by atoms with van der Waals surface area (Å²) >= 11 is 0. The van der Waals surface area contributed by atoms with Crippen LogP contribution in [-0.2, 0) is 4.79 Å². The lowest BCUT2D eigenvalue weighted by molar-refractivity contribution is -0.124. The third-order valence-electron chi connectivity index (χ3n) is 3.68. The molecule has 2 unspecified atom stereocenters. The lowest BCUT2D eigenvalue weighted by Crippen LogP contribution is -2.49. The van der Waals surface area contributed by atoms with Gasteiger partial charge < -0.3 is 15.7 Å². The summed E-state index contributed by atoms with van der Waals surface area (Å²) in [6.07, 6.45) is 6.75. The Morgan fingerprint density at radius 3 is 2.69 bits per heavy atom. The van der Waals surface area contributed by atoms with Crippen molar-refractivity contribution < 1.29 is 9.90 Å². The molecule has 4 nitrogen and oxygen atoms in total. The van der Waals surface area contributed by atoms with Gasteiger partial charge in [0.2, 0.25) is 5.91 Å². The summed E-state index contributed by atoms with van der Waals surface area (Å²) in [5.74, 6) is 0.0726. The Kier molecular flexibility index (Phi) is 4.18. The summed E-state index contributed by atoms with van der Waals surface area (Å²) in [5, 5.41) is 16.1. The SMILES string of the molecule is O=C(NC1CCCCCC1O)[C@H]1CCCN1. The number of rotatable bonds is 2. The topological polar surface area (TPSA) is 61.4 Å². The molecule has 0 aromatic rings. The monoisotopic (exact) mass is 226 g/mol. The molecule has 92 valence electrons. The van der Waals surface area contributed by atoms with E-state index in [4.69, 9.17) is 0 Å². The Balaban J connectivity index is 1.84. The van der Waals surface area contributed by atoms with Crippen molar-refractivity contribution in [3.05, 3.63) is 0 Å². The van der Waals surface area contributed by atoms with Gasteiger partial charge in [-0.1, -0.05) is 19.3 Å². The molecule has 1 saturated heterocycles. The molecular weight excluding hydrogens is 204 g/mol. The molecule has 3 atom stereocenters. The third-order valence-corrected chi connectivity index (χ3v) is 3.68. The molecule has 1 amide bonds. The number of nitrogens with one attached hydrogen (secondary N) is 2. The van der Waals surface area contributed by atoms with Gasteiger partial charge in [-0.05, 0) is 32.2 Å². The number of hydrogen-bond acceptors (Lipinski definition) is 3.